The molecular formula is C24H28N4O. The number of aromatic amines is 1. The largest absolute Gasteiger partial charge is 0.324 e. The fourth-order valence-corrected chi connectivity index (χ4v) is 4.17. The molecule has 1 fully saturated rings. The minimum Gasteiger partial charge on any atom is -0.324 e. The molecule has 2 heterocycles. The summed E-state index contributed by atoms with van der Waals surface area (Å²) in [4.78, 5) is 17.6. The van der Waals surface area contributed by atoms with Gasteiger partial charge in [-0.1, -0.05) is 81.1 Å². The van der Waals surface area contributed by atoms with Gasteiger partial charge in [-0.15, -0.1) is 0 Å². The second-order valence-electron chi connectivity index (χ2n) is 7.81. The first-order valence-corrected chi connectivity index (χ1v) is 10.7. The van der Waals surface area contributed by atoms with Crippen LogP contribution in [0.1, 0.15) is 56.9 Å². The van der Waals surface area contributed by atoms with Crippen molar-refractivity contribution in [2.24, 2.45) is 5.92 Å². The molecule has 2 aromatic heterocycles. The number of rotatable bonds is 3. The second kappa shape index (κ2) is 9.50. The van der Waals surface area contributed by atoms with Gasteiger partial charge in [-0.3, -0.25) is 9.89 Å². The van der Waals surface area contributed by atoms with E-state index in [1.807, 2.05) is 30.4 Å². The molecule has 2 aliphatic carbocycles. The number of hydrogen-bond acceptors (Lipinski definition) is 3. The number of H-pyrrole nitrogens is 1. The van der Waals surface area contributed by atoms with E-state index in [1.165, 1.54) is 25.7 Å². The van der Waals surface area contributed by atoms with E-state index in [2.05, 4.69) is 32.7 Å². The SMILES string of the molecule is O=C(Nc1cnc2[nH]ncc2c1C1=C/C=C\C=C/C=C1)C1CCCCCCCC1. The van der Waals surface area contributed by atoms with Gasteiger partial charge < -0.3 is 5.32 Å². The third-order valence-corrected chi connectivity index (χ3v) is 5.75. The maximum absolute atomic E-state index is 13.2. The summed E-state index contributed by atoms with van der Waals surface area (Å²) in [6, 6.07) is 0. The second-order valence-corrected chi connectivity index (χ2v) is 7.81. The number of anilines is 1. The normalized spacial score (nSPS) is 20.6. The van der Waals surface area contributed by atoms with Crippen molar-refractivity contribution in [3.63, 3.8) is 0 Å². The zero-order valence-corrected chi connectivity index (χ0v) is 16.7. The Labute approximate surface area is 171 Å². The molecule has 0 aliphatic heterocycles. The van der Waals surface area contributed by atoms with Gasteiger partial charge in [0.1, 0.15) is 0 Å². The monoisotopic (exact) mass is 388 g/mol. The van der Waals surface area contributed by atoms with Gasteiger partial charge in [-0.05, 0) is 18.4 Å². The fourth-order valence-electron chi connectivity index (χ4n) is 4.17. The van der Waals surface area contributed by atoms with E-state index in [0.29, 0.717) is 0 Å². The van der Waals surface area contributed by atoms with Crippen LogP contribution in [0.15, 0.2) is 54.9 Å². The summed E-state index contributed by atoms with van der Waals surface area (Å²) < 4.78 is 0. The number of nitrogens with zero attached hydrogens (tertiary/aromatic N) is 2. The average Bonchev–Trinajstić information content (AvgIpc) is 3.21. The van der Waals surface area contributed by atoms with Crippen LogP contribution in [-0.2, 0) is 4.79 Å². The average molecular weight is 389 g/mol. The third kappa shape index (κ3) is 4.73. The van der Waals surface area contributed by atoms with Crippen molar-refractivity contribution in [3.8, 4) is 0 Å². The minimum absolute atomic E-state index is 0.0747. The number of nitrogens with one attached hydrogen (secondary N) is 2. The van der Waals surface area contributed by atoms with Crippen molar-refractivity contribution in [3.05, 3.63) is 60.5 Å². The van der Waals surface area contributed by atoms with E-state index in [4.69, 9.17) is 0 Å². The van der Waals surface area contributed by atoms with Crippen molar-refractivity contribution in [2.45, 2.75) is 51.4 Å². The predicted molar refractivity (Wildman–Crippen MR) is 118 cm³/mol. The molecule has 1 saturated carbocycles. The molecule has 0 radical (unpaired) electrons. The maximum atomic E-state index is 13.2. The molecule has 150 valence electrons. The van der Waals surface area contributed by atoms with E-state index >= 15 is 0 Å². The number of amides is 1. The zero-order valence-electron chi connectivity index (χ0n) is 16.7. The number of carbonyl (C=O) groups is 1. The minimum atomic E-state index is 0.0747. The number of carbonyl (C=O) groups excluding carboxylic acids is 1. The Morgan fingerprint density at radius 3 is 2.48 bits per heavy atom. The molecule has 0 aromatic carbocycles. The fraction of sp³-hybridized carbons (Fsp3) is 0.375. The number of hydrogen-bond donors (Lipinski definition) is 2. The molecule has 1 amide bonds. The topological polar surface area (TPSA) is 70.7 Å². The standard InChI is InChI=1S/C24H28N4O/c29-24(19-14-10-4-1-2-5-11-15-19)27-21-17-25-23-20(16-26-28-23)22(21)18-12-8-6-3-7-9-13-18/h3,6-9,12-13,16-17,19H,1-2,4-5,10-11,14-15H2,(H,27,29)(H,25,26,28)/b6-3-,7-3?,8-6?,9-7-,12-8?,13-9?,18-12?,18-13?. The smallest absolute Gasteiger partial charge is 0.227 e. The highest BCUT2D eigenvalue weighted by Crippen LogP contribution is 2.32. The van der Waals surface area contributed by atoms with Gasteiger partial charge in [0, 0.05) is 16.9 Å². The summed E-state index contributed by atoms with van der Waals surface area (Å²) >= 11 is 0. The summed E-state index contributed by atoms with van der Waals surface area (Å²) in [6.45, 7) is 0. The van der Waals surface area contributed by atoms with Crippen molar-refractivity contribution < 1.29 is 4.79 Å². The van der Waals surface area contributed by atoms with Crippen LogP contribution >= 0.6 is 0 Å². The lowest BCUT2D eigenvalue weighted by molar-refractivity contribution is -0.120. The summed E-state index contributed by atoms with van der Waals surface area (Å²) in [7, 11) is 0. The van der Waals surface area contributed by atoms with Crippen LogP contribution in [0.5, 0.6) is 0 Å². The lowest BCUT2D eigenvalue weighted by Gasteiger charge is -2.18. The molecule has 2 N–H and O–H groups in total. The Bertz CT molecular complexity index is 970. The first-order chi connectivity index (χ1) is 14.3. The number of fused-ring (bicyclic) bond motifs is 1. The van der Waals surface area contributed by atoms with Gasteiger partial charge in [0.15, 0.2) is 5.65 Å². The number of aromatic nitrogens is 3. The Morgan fingerprint density at radius 2 is 1.66 bits per heavy atom. The van der Waals surface area contributed by atoms with Crippen molar-refractivity contribution in [2.75, 3.05) is 5.32 Å². The molecule has 5 heteroatoms. The van der Waals surface area contributed by atoms with Crippen LogP contribution in [0.25, 0.3) is 16.6 Å². The molecular weight excluding hydrogens is 360 g/mol. The van der Waals surface area contributed by atoms with Gasteiger partial charge in [0.2, 0.25) is 5.91 Å². The van der Waals surface area contributed by atoms with Crippen LogP contribution < -0.4 is 5.32 Å². The quantitative estimate of drug-likeness (QED) is 0.707. The first kappa shape index (κ1) is 19.4. The van der Waals surface area contributed by atoms with Crippen LogP contribution in [0.3, 0.4) is 0 Å². The summed E-state index contributed by atoms with van der Waals surface area (Å²) in [6.07, 6.45) is 26.9. The lowest BCUT2D eigenvalue weighted by atomic mass is 9.95. The number of allylic oxidation sites excluding steroid dienone is 8. The Hall–Kier alpha value is -2.95. The van der Waals surface area contributed by atoms with Gasteiger partial charge >= 0.3 is 0 Å². The highest BCUT2D eigenvalue weighted by atomic mass is 16.1. The van der Waals surface area contributed by atoms with Crippen molar-refractivity contribution in [1.82, 2.24) is 15.2 Å². The molecule has 2 aromatic rings. The summed E-state index contributed by atoms with van der Waals surface area (Å²) in [5, 5.41) is 11.2. The molecule has 4 rings (SSSR count). The van der Waals surface area contributed by atoms with Gasteiger partial charge in [-0.25, -0.2) is 4.98 Å². The molecule has 0 spiro atoms. The highest BCUT2D eigenvalue weighted by molar-refractivity contribution is 6.03. The van der Waals surface area contributed by atoms with E-state index in [1.54, 1.807) is 12.4 Å². The highest BCUT2D eigenvalue weighted by Gasteiger charge is 2.21. The molecule has 29 heavy (non-hydrogen) atoms. The Balaban J connectivity index is 1.65. The summed E-state index contributed by atoms with van der Waals surface area (Å²) in [5.41, 5.74) is 3.44. The predicted octanol–water partition coefficient (Wildman–Crippen LogP) is 5.71. The van der Waals surface area contributed by atoms with E-state index in [9.17, 15) is 4.79 Å². The molecule has 0 atom stereocenters. The van der Waals surface area contributed by atoms with E-state index in [0.717, 1.165) is 53.5 Å². The van der Waals surface area contributed by atoms with E-state index in [-0.39, 0.29) is 11.8 Å². The third-order valence-electron chi connectivity index (χ3n) is 5.75. The Morgan fingerprint density at radius 1 is 0.931 bits per heavy atom. The number of pyridine rings is 1. The van der Waals surface area contributed by atoms with Gasteiger partial charge in [0.05, 0.1) is 18.1 Å². The van der Waals surface area contributed by atoms with Crippen LogP contribution in [0, 0.1) is 5.92 Å². The first-order valence-electron chi connectivity index (χ1n) is 10.7. The maximum Gasteiger partial charge on any atom is 0.227 e. The van der Waals surface area contributed by atoms with E-state index < -0.39 is 0 Å². The van der Waals surface area contributed by atoms with Crippen LogP contribution in [0.2, 0.25) is 0 Å². The van der Waals surface area contributed by atoms with Gasteiger partial charge in [0.25, 0.3) is 0 Å². The van der Waals surface area contributed by atoms with Gasteiger partial charge in [-0.2, -0.15) is 5.10 Å². The molecule has 2 aliphatic rings. The van der Waals surface area contributed by atoms with Crippen LogP contribution in [0.4, 0.5) is 5.69 Å². The molecule has 0 bridgehead atoms. The Kier molecular flexibility index (Phi) is 6.35. The van der Waals surface area contributed by atoms with Crippen LogP contribution in [-0.4, -0.2) is 21.1 Å². The zero-order chi connectivity index (χ0) is 19.9. The summed E-state index contributed by atoms with van der Waals surface area (Å²) in [5.74, 6) is 0.189. The molecule has 0 saturated heterocycles. The molecule has 0 unspecified atom stereocenters. The lowest BCUT2D eigenvalue weighted by Crippen LogP contribution is -2.23. The molecule has 5 nitrogen and oxygen atoms in total. The van der Waals surface area contributed by atoms with Crippen molar-refractivity contribution >= 4 is 28.2 Å². The van der Waals surface area contributed by atoms with Crippen molar-refractivity contribution in [1.29, 1.82) is 0 Å².